The quantitative estimate of drug-likeness (QED) is 0.278. The predicted octanol–water partition coefficient (Wildman–Crippen LogP) is 1.68. The molecule has 4 saturated carbocycles. The van der Waals surface area contributed by atoms with Gasteiger partial charge in [-0.1, -0.05) is 6.42 Å². The molecule has 174 valence electrons. The number of ether oxygens (including phenoxy) is 1. The molecule has 4 fully saturated rings. The summed E-state index contributed by atoms with van der Waals surface area (Å²) in [5.41, 5.74) is -2.23. The molecule has 0 saturated heterocycles. The zero-order valence-electron chi connectivity index (χ0n) is 17.0. The number of aliphatic hydroxyl groups excluding tert-OH is 1. The summed E-state index contributed by atoms with van der Waals surface area (Å²) < 4.78 is 62.0. The van der Waals surface area contributed by atoms with Crippen LogP contribution < -0.4 is 0 Å². The fraction of sp³-hybridized carbons (Fsp3) is 0.947. The van der Waals surface area contributed by atoms with Gasteiger partial charge in [-0.05, 0) is 76.0 Å². The number of hydrogen-bond acceptors (Lipinski definition) is 7. The molecule has 0 aromatic rings. The normalized spacial score (nSPS) is 38.5. The Kier molecular flexibility index (Phi) is 6.03. The second-order valence-corrected chi connectivity index (χ2v) is 11.2. The van der Waals surface area contributed by atoms with E-state index in [0.717, 1.165) is 6.42 Å². The Balaban J connectivity index is 1.89. The second kappa shape index (κ2) is 7.61. The van der Waals surface area contributed by atoms with Crippen LogP contribution in [0, 0.1) is 29.6 Å². The molecule has 0 amide bonds. The first-order valence-corrected chi connectivity index (χ1v) is 11.7. The molecule has 0 aliphatic heterocycles. The lowest BCUT2D eigenvalue weighted by Gasteiger charge is -2.52. The smallest absolute Gasteiger partial charge is 0.428 e. The Morgan fingerprint density at radius 3 is 2.43 bits per heavy atom. The minimum atomic E-state index is -5.99. The minimum Gasteiger partial charge on any atom is -0.428 e. The predicted molar refractivity (Wildman–Crippen MR) is 99.6 cm³/mol. The van der Waals surface area contributed by atoms with E-state index >= 15 is 0 Å². The van der Waals surface area contributed by atoms with Crippen molar-refractivity contribution in [2.24, 2.45) is 29.6 Å². The Morgan fingerprint density at radius 2 is 1.87 bits per heavy atom. The first-order valence-electron chi connectivity index (χ1n) is 10.3. The molecule has 7 atom stereocenters. The van der Waals surface area contributed by atoms with Gasteiger partial charge in [-0.2, -0.15) is 17.2 Å². The van der Waals surface area contributed by atoms with Crippen molar-refractivity contribution in [1.29, 1.82) is 0 Å². The van der Waals surface area contributed by atoms with Gasteiger partial charge in [-0.3, -0.25) is 9.35 Å². The molecule has 4 N–H and O–H groups in total. The SMILES string of the molecule is CC(C)(O)C1CC2(O)CCCC2C2CCC1CC2C(=O)OC(O)C(F)(F)S(=O)(=O)O. The molecule has 30 heavy (non-hydrogen) atoms. The number of esters is 1. The van der Waals surface area contributed by atoms with Crippen LogP contribution in [0.1, 0.15) is 58.8 Å². The van der Waals surface area contributed by atoms with Gasteiger partial charge in [0.15, 0.2) is 0 Å². The number of carbonyl (C=O) groups excluding carboxylic acids is 1. The fourth-order valence-electron chi connectivity index (χ4n) is 6.06. The van der Waals surface area contributed by atoms with E-state index in [4.69, 9.17) is 4.55 Å². The summed E-state index contributed by atoms with van der Waals surface area (Å²) in [4.78, 5) is 12.8. The van der Waals surface area contributed by atoms with Crippen molar-refractivity contribution >= 4 is 16.1 Å². The summed E-state index contributed by atoms with van der Waals surface area (Å²) >= 11 is 0. The Labute approximate surface area is 174 Å². The number of rotatable bonds is 5. The van der Waals surface area contributed by atoms with Gasteiger partial charge in [0.2, 0.25) is 0 Å². The number of carbonyl (C=O) groups is 1. The summed E-state index contributed by atoms with van der Waals surface area (Å²) in [6.07, 6.45) is 0.343. The first kappa shape index (κ1) is 23.8. The van der Waals surface area contributed by atoms with E-state index < -0.39 is 44.8 Å². The molecular weight excluding hydrogens is 426 g/mol. The van der Waals surface area contributed by atoms with Crippen LogP contribution in [0.4, 0.5) is 8.78 Å². The number of alkyl halides is 2. The van der Waals surface area contributed by atoms with Crippen molar-refractivity contribution in [1.82, 2.24) is 0 Å². The largest absolute Gasteiger partial charge is 0.430 e. The van der Waals surface area contributed by atoms with Gasteiger partial charge < -0.3 is 20.1 Å². The van der Waals surface area contributed by atoms with E-state index in [2.05, 4.69) is 4.74 Å². The van der Waals surface area contributed by atoms with E-state index in [1.165, 1.54) is 0 Å². The van der Waals surface area contributed by atoms with Crippen LogP contribution in [0.3, 0.4) is 0 Å². The zero-order chi connectivity index (χ0) is 22.7. The average molecular weight is 457 g/mol. The lowest BCUT2D eigenvalue weighted by atomic mass is 9.55. The highest BCUT2D eigenvalue weighted by molar-refractivity contribution is 7.86. The van der Waals surface area contributed by atoms with Crippen molar-refractivity contribution in [3.63, 3.8) is 0 Å². The third-order valence-corrected chi connectivity index (χ3v) is 8.38. The highest BCUT2D eigenvalue weighted by Gasteiger charge is 2.58. The van der Waals surface area contributed by atoms with Crippen LogP contribution in [0.15, 0.2) is 0 Å². The molecule has 0 aromatic carbocycles. The summed E-state index contributed by atoms with van der Waals surface area (Å²) in [6, 6.07) is 0. The number of aliphatic hydroxyl groups is 3. The Morgan fingerprint density at radius 1 is 1.23 bits per heavy atom. The molecule has 0 aromatic heterocycles. The van der Waals surface area contributed by atoms with Gasteiger partial charge >= 0.3 is 21.3 Å². The van der Waals surface area contributed by atoms with Crippen molar-refractivity contribution in [3.8, 4) is 0 Å². The molecule has 4 rings (SSSR count). The number of fused-ring (bicyclic) bond motifs is 3. The van der Waals surface area contributed by atoms with Gasteiger partial charge in [0, 0.05) is 0 Å². The highest BCUT2D eigenvalue weighted by Crippen LogP contribution is 2.57. The van der Waals surface area contributed by atoms with Crippen LogP contribution in [-0.4, -0.2) is 57.0 Å². The fourth-order valence-corrected chi connectivity index (χ4v) is 6.36. The molecule has 4 aliphatic rings. The topological polar surface area (TPSA) is 141 Å². The molecule has 0 heterocycles. The van der Waals surface area contributed by atoms with Crippen molar-refractivity contribution in [2.45, 2.75) is 81.5 Å². The van der Waals surface area contributed by atoms with E-state index in [1.807, 2.05) is 0 Å². The van der Waals surface area contributed by atoms with Crippen molar-refractivity contribution in [3.05, 3.63) is 0 Å². The van der Waals surface area contributed by atoms with E-state index in [0.29, 0.717) is 32.1 Å². The van der Waals surface area contributed by atoms with E-state index in [-0.39, 0.29) is 30.1 Å². The van der Waals surface area contributed by atoms with Crippen molar-refractivity contribution < 1.29 is 46.6 Å². The van der Waals surface area contributed by atoms with Gasteiger partial charge in [0.25, 0.3) is 6.29 Å². The third kappa shape index (κ3) is 4.11. The maximum absolute atomic E-state index is 13.6. The molecule has 2 bridgehead atoms. The van der Waals surface area contributed by atoms with E-state index in [1.54, 1.807) is 13.8 Å². The maximum atomic E-state index is 13.6. The van der Waals surface area contributed by atoms with Gasteiger partial charge in [0.05, 0.1) is 17.1 Å². The molecule has 4 aliphatic carbocycles. The van der Waals surface area contributed by atoms with Gasteiger partial charge in [0.1, 0.15) is 0 Å². The summed E-state index contributed by atoms with van der Waals surface area (Å²) in [6.45, 7) is 3.28. The second-order valence-electron chi connectivity index (χ2n) is 9.74. The highest BCUT2D eigenvalue weighted by atomic mass is 32.2. The average Bonchev–Trinajstić information content (AvgIpc) is 2.96. The van der Waals surface area contributed by atoms with Crippen LogP contribution in [0.25, 0.3) is 0 Å². The van der Waals surface area contributed by atoms with Crippen molar-refractivity contribution in [2.75, 3.05) is 0 Å². The Bertz CT molecular complexity index is 780. The van der Waals surface area contributed by atoms with Crippen LogP contribution in [0.2, 0.25) is 0 Å². The van der Waals surface area contributed by atoms with Gasteiger partial charge in [-0.25, -0.2) is 0 Å². The van der Waals surface area contributed by atoms with Crippen LogP contribution in [-0.2, 0) is 19.6 Å². The monoisotopic (exact) mass is 456 g/mol. The number of halogens is 2. The molecule has 7 unspecified atom stereocenters. The molecule has 11 heteroatoms. The zero-order valence-corrected chi connectivity index (χ0v) is 17.8. The minimum absolute atomic E-state index is 0.177. The molecule has 0 spiro atoms. The lowest BCUT2D eigenvalue weighted by Crippen LogP contribution is -2.54. The maximum Gasteiger partial charge on any atom is 0.430 e. The summed E-state index contributed by atoms with van der Waals surface area (Å²) in [5, 5.41) is 26.5. The molecule has 8 nitrogen and oxygen atoms in total. The summed E-state index contributed by atoms with van der Waals surface area (Å²) in [5.74, 6) is -3.29. The lowest BCUT2D eigenvalue weighted by molar-refractivity contribution is -0.216. The van der Waals surface area contributed by atoms with Crippen LogP contribution >= 0.6 is 0 Å². The molecular formula is C19H30F2O8S. The Hall–Kier alpha value is -0.880. The molecule has 0 radical (unpaired) electrons. The first-order chi connectivity index (χ1) is 13.6. The summed E-state index contributed by atoms with van der Waals surface area (Å²) in [7, 11) is -5.99. The number of hydrogen-bond donors (Lipinski definition) is 4. The van der Waals surface area contributed by atoms with E-state index in [9.17, 15) is 37.3 Å². The van der Waals surface area contributed by atoms with Gasteiger partial charge in [-0.15, -0.1) is 0 Å². The third-order valence-electron chi connectivity index (χ3n) is 7.49. The van der Waals surface area contributed by atoms with Crippen LogP contribution in [0.5, 0.6) is 0 Å². The standard InChI is InChI=1S/C19H30F2O8S/c1-17(2,24)14-9-18(25)7-3-4-13(18)11-6-5-10(14)8-12(11)15(22)29-16(23)19(20,21)30(26,27)28/h10-14,16,23-25H,3-9H2,1-2H3,(H,26,27,28).